The summed E-state index contributed by atoms with van der Waals surface area (Å²) in [6, 6.07) is 23.3. The second-order valence-electron chi connectivity index (χ2n) is 9.18. The van der Waals surface area contributed by atoms with Crippen LogP contribution in [0, 0.1) is 29.1 Å². The largest absolute Gasteiger partial charge is 0.308 e. The van der Waals surface area contributed by atoms with Gasteiger partial charge in [0.25, 0.3) is 0 Å². The van der Waals surface area contributed by atoms with Crippen LogP contribution in [0.3, 0.4) is 0 Å². The molecule has 6 aromatic rings. The molecule has 9 heteroatoms. The third kappa shape index (κ3) is 3.04. The molecule has 0 atom stereocenters. The number of aromatic nitrogens is 1. The molecule has 39 heavy (non-hydrogen) atoms. The summed E-state index contributed by atoms with van der Waals surface area (Å²) in [6.45, 7) is 0. The summed E-state index contributed by atoms with van der Waals surface area (Å²) in [4.78, 5) is -0.139. The van der Waals surface area contributed by atoms with Crippen LogP contribution in [0.25, 0.3) is 49.7 Å². The molecule has 0 radical (unpaired) electrons. The maximum absolute atomic E-state index is 14.6. The summed E-state index contributed by atoms with van der Waals surface area (Å²) < 4.78 is 100. The smallest absolute Gasteiger partial charge is 0.209 e. The first-order valence-electron chi connectivity index (χ1n) is 11.7. The summed E-state index contributed by atoms with van der Waals surface area (Å²) in [5.41, 5.74) is 0.828. The van der Waals surface area contributed by atoms with Crippen molar-refractivity contribution in [2.24, 2.45) is 0 Å². The Kier molecular flexibility index (Phi) is 4.84. The Labute approximate surface area is 218 Å². The number of rotatable bonds is 2. The molecule has 0 saturated carbocycles. The van der Waals surface area contributed by atoms with Gasteiger partial charge in [0.1, 0.15) is 4.90 Å². The average Bonchev–Trinajstić information content (AvgIpc) is 3.40. The van der Waals surface area contributed by atoms with Crippen LogP contribution < -0.4 is 0 Å². The van der Waals surface area contributed by atoms with Gasteiger partial charge in [-0.05, 0) is 35.9 Å². The molecule has 1 aromatic heterocycles. The third-order valence-corrected chi connectivity index (χ3v) is 9.04. The second-order valence-corrected chi connectivity index (χ2v) is 11.0. The van der Waals surface area contributed by atoms with E-state index < -0.39 is 44.5 Å². The van der Waals surface area contributed by atoms with Crippen LogP contribution in [0.1, 0.15) is 0 Å². The average molecular weight is 548 g/mol. The number of benzene rings is 5. The molecule has 2 heterocycles. The van der Waals surface area contributed by atoms with Crippen molar-refractivity contribution >= 4 is 31.6 Å². The molecule has 1 aliphatic heterocycles. The number of para-hydroxylation sites is 2. The van der Waals surface area contributed by atoms with Crippen molar-refractivity contribution in [3.63, 3.8) is 0 Å². The Morgan fingerprint density at radius 3 is 1.74 bits per heavy atom. The van der Waals surface area contributed by atoms with E-state index in [0.29, 0.717) is 5.69 Å². The number of nitrogens with zero attached hydrogens (tertiary/aromatic N) is 1. The van der Waals surface area contributed by atoms with Gasteiger partial charge < -0.3 is 4.57 Å². The highest BCUT2D eigenvalue weighted by atomic mass is 32.2. The molecular formula is C30H14F5NO2S. The molecule has 0 unspecified atom stereocenters. The number of halogens is 5. The SMILES string of the molecule is O=S1(=O)c2ccc(-c3c(F)c(F)c(F)c(F)c3F)cc2-c2cccc(-n3c4ccccc4c4ccccc43)c21. The van der Waals surface area contributed by atoms with Gasteiger partial charge >= 0.3 is 0 Å². The van der Waals surface area contributed by atoms with Gasteiger partial charge in [-0.15, -0.1) is 0 Å². The predicted molar refractivity (Wildman–Crippen MR) is 137 cm³/mol. The molecule has 0 amide bonds. The second kappa shape index (κ2) is 8.00. The van der Waals surface area contributed by atoms with E-state index in [9.17, 15) is 30.4 Å². The van der Waals surface area contributed by atoms with Gasteiger partial charge in [-0.2, -0.15) is 0 Å². The Morgan fingerprint density at radius 2 is 1.13 bits per heavy atom. The molecule has 0 N–H and O–H groups in total. The fraction of sp³-hybridized carbons (Fsp3) is 0. The number of hydrogen-bond acceptors (Lipinski definition) is 2. The highest BCUT2D eigenvalue weighted by molar-refractivity contribution is 7.92. The molecule has 5 aromatic carbocycles. The lowest BCUT2D eigenvalue weighted by atomic mass is 9.97. The Hall–Kier alpha value is -4.50. The van der Waals surface area contributed by atoms with E-state index in [1.807, 2.05) is 53.1 Å². The summed E-state index contributed by atoms with van der Waals surface area (Å²) >= 11 is 0. The van der Waals surface area contributed by atoms with Gasteiger partial charge in [0.2, 0.25) is 15.7 Å². The van der Waals surface area contributed by atoms with Crippen LogP contribution in [-0.2, 0) is 9.84 Å². The monoisotopic (exact) mass is 547 g/mol. The minimum atomic E-state index is -4.12. The molecule has 192 valence electrons. The zero-order valence-corrected chi connectivity index (χ0v) is 20.5. The van der Waals surface area contributed by atoms with E-state index >= 15 is 0 Å². The van der Waals surface area contributed by atoms with Crippen molar-refractivity contribution in [1.82, 2.24) is 4.57 Å². The lowest BCUT2D eigenvalue weighted by Gasteiger charge is -2.12. The third-order valence-electron chi connectivity index (χ3n) is 7.14. The van der Waals surface area contributed by atoms with Gasteiger partial charge in [0.05, 0.1) is 27.2 Å². The van der Waals surface area contributed by atoms with Crippen LogP contribution in [0.2, 0.25) is 0 Å². The van der Waals surface area contributed by atoms with E-state index in [1.165, 1.54) is 0 Å². The summed E-state index contributed by atoms with van der Waals surface area (Å²) in [5, 5.41) is 1.85. The van der Waals surface area contributed by atoms with Crippen molar-refractivity contribution in [2.45, 2.75) is 9.79 Å². The normalized spacial score (nSPS) is 13.7. The first-order chi connectivity index (χ1) is 18.7. The van der Waals surface area contributed by atoms with Gasteiger partial charge in [-0.25, -0.2) is 30.4 Å². The number of hydrogen-bond donors (Lipinski definition) is 0. The van der Waals surface area contributed by atoms with Gasteiger partial charge in [0.15, 0.2) is 23.3 Å². The first-order valence-corrected chi connectivity index (χ1v) is 13.2. The van der Waals surface area contributed by atoms with Crippen LogP contribution in [0.4, 0.5) is 22.0 Å². The Morgan fingerprint density at radius 1 is 0.564 bits per heavy atom. The summed E-state index contributed by atoms with van der Waals surface area (Å²) in [6.07, 6.45) is 0. The standard InChI is InChI=1S/C30H14F5NO2S/c31-25-24(26(32)28(34)29(35)27(25)33)15-12-13-23-19(14-15)18-8-5-11-22(30(18)39(23,37)38)36-20-9-3-1-6-16(20)17-7-2-4-10-21(17)36/h1-14H. The first kappa shape index (κ1) is 23.6. The van der Waals surface area contributed by atoms with Crippen LogP contribution in [0.15, 0.2) is 94.7 Å². The van der Waals surface area contributed by atoms with Crippen LogP contribution in [-0.4, -0.2) is 13.0 Å². The van der Waals surface area contributed by atoms with Gasteiger partial charge in [-0.3, -0.25) is 0 Å². The number of sulfone groups is 1. The van der Waals surface area contributed by atoms with E-state index in [4.69, 9.17) is 0 Å². The Bertz CT molecular complexity index is 2070. The van der Waals surface area contributed by atoms with Gasteiger partial charge in [-0.1, -0.05) is 54.6 Å². The highest BCUT2D eigenvalue weighted by Gasteiger charge is 2.37. The molecular weight excluding hydrogens is 533 g/mol. The van der Waals surface area contributed by atoms with Crippen LogP contribution in [0.5, 0.6) is 0 Å². The maximum atomic E-state index is 14.6. The van der Waals surface area contributed by atoms with Crippen LogP contribution >= 0.6 is 0 Å². The fourth-order valence-electron chi connectivity index (χ4n) is 5.48. The zero-order chi connectivity index (χ0) is 27.2. The minimum Gasteiger partial charge on any atom is -0.308 e. The van der Waals surface area contributed by atoms with E-state index in [2.05, 4.69) is 0 Å². The van der Waals surface area contributed by atoms with Crippen molar-refractivity contribution in [3.05, 3.63) is 114 Å². The van der Waals surface area contributed by atoms with E-state index in [-0.39, 0.29) is 26.5 Å². The number of fused-ring (bicyclic) bond motifs is 6. The predicted octanol–water partition coefficient (Wildman–Crippen LogP) is 7.96. The molecule has 0 fully saturated rings. The molecule has 0 spiro atoms. The molecule has 7 rings (SSSR count). The van der Waals surface area contributed by atoms with Crippen molar-refractivity contribution in [2.75, 3.05) is 0 Å². The lowest BCUT2D eigenvalue weighted by Crippen LogP contribution is -2.05. The molecule has 1 aliphatic rings. The Balaban J connectivity index is 1.53. The van der Waals surface area contributed by atoms with Crippen molar-refractivity contribution < 1.29 is 30.4 Å². The highest BCUT2D eigenvalue weighted by Crippen LogP contribution is 2.48. The molecule has 0 bridgehead atoms. The van der Waals surface area contributed by atoms with E-state index in [1.54, 1.807) is 18.2 Å². The fourth-order valence-corrected chi connectivity index (χ4v) is 7.30. The molecule has 0 aliphatic carbocycles. The summed E-state index contributed by atoms with van der Waals surface area (Å²) in [5.74, 6) is -10.4. The van der Waals surface area contributed by atoms with Gasteiger partial charge in [0, 0.05) is 21.9 Å². The molecule has 0 saturated heterocycles. The zero-order valence-electron chi connectivity index (χ0n) is 19.6. The minimum absolute atomic E-state index is 0.0129. The van der Waals surface area contributed by atoms with Crippen molar-refractivity contribution in [1.29, 1.82) is 0 Å². The van der Waals surface area contributed by atoms with Crippen molar-refractivity contribution in [3.8, 4) is 27.9 Å². The lowest BCUT2D eigenvalue weighted by molar-refractivity contribution is 0.381. The molecule has 3 nitrogen and oxygen atoms in total. The quantitative estimate of drug-likeness (QED) is 0.125. The topological polar surface area (TPSA) is 39.1 Å². The van der Waals surface area contributed by atoms with E-state index in [0.717, 1.165) is 40.0 Å². The maximum Gasteiger partial charge on any atom is 0.209 e. The summed E-state index contributed by atoms with van der Waals surface area (Å²) in [7, 11) is -4.12.